The van der Waals surface area contributed by atoms with E-state index in [9.17, 15) is 4.79 Å². The molecular weight excluding hydrogens is 342 g/mol. The predicted octanol–water partition coefficient (Wildman–Crippen LogP) is 5.65. The number of fused-ring (bicyclic) bond motifs is 1. The normalized spacial score (nSPS) is 15.2. The number of carbonyl (C=O) groups excluding carboxylic acids is 1. The molecule has 1 heterocycles. The van der Waals surface area contributed by atoms with Gasteiger partial charge in [-0.3, -0.25) is 4.79 Å². The molecule has 0 bridgehead atoms. The average Bonchev–Trinajstić information content (AvgIpc) is 2.94. The Morgan fingerprint density at radius 1 is 0.923 bits per heavy atom. The molecule has 0 unspecified atom stereocenters. The SMILES string of the molecule is Cc1ccc2c(c1)/C(=C(\Cl)c1ccccc1)C(=O)N2Cc1ccccc1. The van der Waals surface area contributed by atoms with Crippen LogP contribution in [0, 0.1) is 6.92 Å². The van der Waals surface area contributed by atoms with Gasteiger partial charge in [-0.05, 0) is 30.2 Å². The number of anilines is 1. The Labute approximate surface area is 158 Å². The summed E-state index contributed by atoms with van der Waals surface area (Å²) >= 11 is 6.69. The van der Waals surface area contributed by atoms with Gasteiger partial charge in [0.25, 0.3) is 5.91 Å². The van der Waals surface area contributed by atoms with Crippen LogP contribution >= 0.6 is 11.6 Å². The molecule has 0 aliphatic carbocycles. The van der Waals surface area contributed by atoms with Crippen molar-refractivity contribution in [3.8, 4) is 0 Å². The van der Waals surface area contributed by atoms with Crippen molar-refractivity contribution in [2.75, 3.05) is 4.90 Å². The summed E-state index contributed by atoms with van der Waals surface area (Å²) < 4.78 is 0. The Hall–Kier alpha value is -2.84. The summed E-state index contributed by atoms with van der Waals surface area (Å²) in [5.74, 6) is -0.0525. The van der Waals surface area contributed by atoms with Crippen LogP contribution in [0.3, 0.4) is 0 Å². The Morgan fingerprint density at radius 3 is 2.27 bits per heavy atom. The highest BCUT2D eigenvalue weighted by atomic mass is 35.5. The highest BCUT2D eigenvalue weighted by Gasteiger charge is 2.34. The van der Waals surface area contributed by atoms with Crippen molar-refractivity contribution in [2.24, 2.45) is 0 Å². The standard InChI is InChI=1S/C23H18ClNO/c1-16-12-13-20-19(14-16)21(22(24)18-10-6-3-7-11-18)23(26)25(20)15-17-8-4-2-5-9-17/h2-14H,15H2,1H3/b22-21+. The van der Waals surface area contributed by atoms with Gasteiger partial charge in [0.15, 0.2) is 0 Å². The fourth-order valence-electron chi connectivity index (χ4n) is 3.31. The summed E-state index contributed by atoms with van der Waals surface area (Å²) in [6.07, 6.45) is 0. The largest absolute Gasteiger partial charge is 0.303 e. The number of carbonyl (C=O) groups is 1. The number of hydrogen-bond donors (Lipinski definition) is 0. The van der Waals surface area contributed by atoms with Gasteiger partial charge in [0.05, 0.1) is 22.8 Å². The third-order valence-electron chi connectivity index (χ3n) is 4.60. The van der Waals surface area contributed by atoms with Crippen molar-refractivity contribution >= 4 is 33.8 Å². The Balaban J connectivity index is 1.85. The molecule has 0 saturated carbocycles. The quantitative estimate of drug-likeness (QED) is 0.553. The van der Waals surface area contributed by atoms with Crippen LogP contribution in [-0.4, -0.2) is 5.91 Å². The minimum Gasteiger partial charge on any atom is -0.303 e. The molecule has 128 valence electrons. The van der Waals surface area contributed by atoms with Crippen molar-refractivity contribution in [3.05, 3.63) is 101 Å². The first kappa shape index (κ1) is 16.6. The Kier molecular flexibility index (Phi) is 4.36. The molecule has 2 nitrogen and oxygen atoms in total. The highest BCUT2D eigenvalue weighted by molar-refractivity contribution is 6.59. The summed E-state index contributed by atoms with van der Waals surface area (Å²) in [6, 6.07) is 25.7. The van der Waals surface area contributed by atoms with Crippen LogP contribution in [0.4, 0.5) is 5.69 Å². The number of aryl methyl sites for hydroxylation is 1. The van der Waals surface area contributed by atoms with Crippen molar-refractivity contribution in [3.63, 3.8) is 0 Å². The van der Waals surface area contributed by atoms with Crippen molar-refractivity contribution in [2.45, 2.75) is 13.5 Å². The van der Waals surface area contributed by atoms with Crippen molar-refractivity contribution < 1.29 is 4.79 Å². The lowest BCUT2D eigenvalue weighted by atomic mass is 10.0. The van der Waals surface area contributed by atoms with E-state index in [1.807, 2.05) is 90.7 Å². The van der Waals surface area contributed by atoms with Crippen LogP contribution in [0.25, 0.3) is 10.6 Å². The third kappa shape index (κ3) is 2.93. The lowest BCUT2D eigenvalue weighted by molar-refractivity contribution is -0.113. The van der Waals surface area contributed by atoms with E-state index in [2.05, 4.69) is 0 Å². The molecule has 0 radical (unpaired) electrons. The van der Waals surface area contributed by atoms with Crippen LogP contribution in [0.15, 0.2) is 78.9 Å². The molecule has 1 aliphatic rings. The molecular formula is C23H18ClNO. The Bertz CT molecular complexity index is 993. The average molecular weight is 360 g/mol. The van der Waals surface area contributed by atoms with Crippen LogP contribution in [0.1, 0.15) is 22.3 Å². The molecule has 0 fully saturated rings. The summed E-state index contributed by atoms with van der Waals surface area (Å²) in [5, 5.41) is 0.498. The summed E-state index contributed by atoms with van der Waals surface area (Å²) in [7, 11) is 0. The smallest absolute Gasteiger partial charge is 0.260 e. The number of benzene rings is 3. The second-order valence-electron chi connectivity index (χ2n) is 6.45. The number of rotatable bonds is 3. The molecule has 1 aliphatic heterocycles. The predicted molar refractivity (Wildman–Crippen MR) is 108 cm³/mol. The number of halogens is 1. The topological polar surface area (TPSA) is 20.3 Å². The lowest BCUT2D eigenvalue weighted by Gasteiger charge is -2.17. The first-order valence-corrected chi connectivity index (χ1v) is 8.95. The maximum Gasteiger partial charge on any atom is 0.260 e. The molecule has 0 spiro atoms. The minimum absolute atomic E-state index is 0.0525. The van der Waals surface area contributed by atoms with E-state index in [1.54, 1.807) is 0 Å². The molecule has 0 aromatic heterocycles. The van der Waals surface area contributed by atoms with E-state index < -0.39 is 0 Å². The zero-order chi connectivity index (χ0) is 18.1. The highest BCUT2D eigenvalue weighted by Crippen LogP contribution is 2.43. The molecule has 3 heteroatoms. The lowest BCUT2D eigenvalue weighted by Crippen LogP contribution is -2.25. The fraction of sp³-hybridized carbons (Fsp3) is 0.0870. The molecule has 3 aromatic carbocycles. The molecule has 0 atom stereocenters. The van der Waals surface area contributed by atoms with Crippen LogP contribution in [0.5, 0.6) is 0 Å². The van der Waals surface area contributed by atoms with E-state index in [-0.39, 0.29) is 5.91 Å². The van der Waals surface area contributed by atoms with Gasteiger partial charge in [0.2, 0.25) is 0 Å². The van der Waals surface area contributed by atoms with Gasteiger partial charge in [0.1, 0.15) is 0 Å². The van der Waals surface area contributed by atoms with E-state index >= 15 is 0 Å². The van der Waals surface area contributed by atoms with Gasteiger partial charge in [-0.2, -0.15) is 0 Å². The number of amides is 1. The maximum absolute atomic E-state index is 13.3. The van der Waals surface area contributed by atoms with Gasteiger partial charge in [-0.15, -0.1) is 0 Å². The first-order chi connectivity index (χ1) is 12.6. The van der Waals surface area contributed by atoms with Gasteiger partial charge >= 0.3 is 0 Å². The van der Waals surface area contributed by atoms with Gasteiger partial charge in [0, 0.05) is 5.56 Å². The monoisotopic (exact) mass is 359 g/mol. The molecule has 4 rings (SSSR count). The van der Waals surface area contributed by atoms with Crippen molar-refractivity contribution in [1.82, 2.24) is 0 Å². The molecule has 1 amide bonds. The zero-order valence-corrected chi connectivity index (χ0v) is 15.2. The van der Waals surface area contributed by atoms with Crippen LogP contribution in [-0.2, 0) is 11.3 Å². The van der Waals surface area contributed by atoms with Gasteiger partial charge in [-0.1, -0.05) is 83.9 Å². The maximum atomic E-state index is 13.3. The van der Waals surface area contributed by atoms with E-state index in [0.717, 1.165) is 27.9 Å². The first-order valence-electron chi connectivity index (χ1n) is 8.57. The third-order valence-corrected chi connectivity index (χ3v) is 5.01. The Morgan fingerprint density at radius 2 is 1.58 bits per heavy atom. The zero-order valence-electron chi connectivity index (χ0n) is 14.4. The van der Waals surface area contributed by atoms with Gasteiger partial charge < -0.3 is 4.90 Å². The van der Waals surface area contributed by atoms with E-state index in [4.69, 9.17) is 11.6 Å². The minimum atomic E-state index is -0.0525. The summed E-state index contributed by atoms with van der Waals surface area (Å²) in [6.45, 7) is 2.55. The molecule has 26 heavy (non-hydrogen) atoms. The fourth-order valence-corrected chi connectivity index (χ4v) is 3.62. The second kappa shape index (κ2) is 6.81. The second-order valence-corrected chi connectivity index (χ2v) is 6.83. The van der Waals surface area contributed by atoms with E-state index in [0.29, 0.717) is 17.2 Å². The molecule has 0 N–H and O–H groups in total. The number of nitrogens with zero attached hydrogens (tertiary/aromatic N) is 1. The molecule has 3 aromatic rings. The van der Waals surface area contributed by atoms with Crippen molar-refractivity contribution in [1.29, 1.82) is 0 Å². The van der Waals surface area contributed by atoms with Gasteiger partial charge in [-0.25, -0.2) is 0 Å². The summed E-state index contributed by atoms with van der Waals surface area (Å²) in [4.78, 5) is 15.1. The van der Waals surface area contributed by atoms with E-state index in [1.165, 1.54) is 0 Å². The van der Waals surface area contributed by atoms with Crippen LogP contribution in [0.2, 0.25) is 0 Å². The molecule has 0 saturated heterocycles. The van der Waals surface area contributed by atoms with Crippen LogP contribution < -0.4 is 4.90 Å². The summed E-state index contributed by atoms with van der Waals surface area (Å²) in [5.41, 5.74) is 5.44. The number of hydrogen-bond acceptors (Lipinski definition) is 1.